The van der Waals surface area contributed by atoms with Crippen molar-refractivity contribution in [3.05, 3.63) is 47.8 Å². The van der Waals surface area contributed by atoms with Crippen molar-refractivity contribution in [3.8, 4) is 5.75 Å². The summed E-state index contributed by atoms with van der Waals surface area (Å²) in [6, 6.07) is 3.23. The van der Waals surface area contributed by atoms with Gasteiger partial charge in [-0.25, -0.2) is 9.97 Å². The van der Waals surface area contributed by atoms with E-state index in [9.17, 15) is 18.0 Å². The number of carbonyl (C=O) groups is 1. The third kappa shape index (κ3) is 6.11. The number of rotatable bonds is 10. The fourth-order valence-electron chi connectivity index (χ4n) is 3.90. The summed E-state index contributed by atoms with van der Waals surface area (Å²) < 4.78 is 55.7. The van der Waals surface area contributed by atoms with E-state index in [1.54, 1.807) is 13.8 Å². The summed E-state index contributed by atoms with van der Waals surface area (Å²) >= 11 is 0. The number of nitrogens with zero attached hydrogens (tertiary/aromatic N) is 4. The minimum atomic E-state index is -4.83. The molecule has 1 amide bonds. The number of carbonyl (C=O) groups excluding carboxylic acids is 1. The molecule has 4 rings (SSSR count). The lowest BCUT2D eigenvalue weighted by molar-refractivity contribution is -0.274. The highest BCUT2D eigenvalue weighted by atomic mass is 19.4. The smallest absolute Gasteiger partial charge is 0.406 e. The van der Waals surface area contributed by atoms with Gasteiger partial charge in [-0.1, -0.05) is 0 Å². The maximum Gasteiger partial charge on any atom is 0.573 e. The van der Waals surface area contributed by atoms with Crippen LogP contribution in [-0.4, -0.2) is 57.7 Å². The van der Waals surface area contributed by atoms with Crippen molar-refractivity contribution in [1.29, 1.82) is 0 Å². The Labute approximate surface area is 206 Å². The second-order valence-electron chi connectivity index (χ2n) is 8.68. The van der Waals surface area contributed by atoms with Crippen LogP contribution in [0, 0.1) is 6.92 Å². The van der Waals surface area contributed by atoms with Crippen molar-refractivity contribution in [2.24, 2.45) is 0 Å². The van der Waals surface area contributed by atoms with Gasteiger partial charge in [0.2, 0.25) is 0 Å². The number of ether oxygens (including phenoxy) is 3. The van der Waals surface area contributed by atoms with E-state index in [1.165, 1.54) is 37.7 Å². The quantitative estimate of drug-likeness (QED) is 0.441. The van der Waals surface area contributed by atoms with Crippen LogP contribution in [0.2, 0.25) is 0 Å². The fraction of sp³-hybridized carbons (Fsp3) is 0.500. The Morgan fingerprint density at radius 1 is 1.25 bits per heavy atom. The highest BCUT2D eigenvalue weighted by Gasteiger charge is 2.32. The van der Waals surface area contributed by atoms with Crippen LogP contribution in [0.25, 0.3) is 11.0 Å². The van der Waals surface area contributed by atoms with E-state index in [2.05, 4.69) is 25.0 Å². The van der Waals surface area contributed by atoms with Crippen molar-refractivity contribution < 1.29 is 32.2 Å². The van der Waals surface area contributed by atoms with Crippen LogP contribution >= 0.6 is 0 Å². The van der Waals surface area contributed by atoms with E-state index in [0.717, 1.165) is 19.3 Å². The molecule has 2 heterocycles. The number of amides is 1. The standard InChI is InChI=1S/C24H28F3N5O4/c1-14-12-29-19(13-28-14)23(33)31-21(15(2)34-3)22-30-18-11-17(36-24(25,26)27)7-8-20(18)32(22)9-10-35-16-5-4-6-16/h7-8,11-13,15-16,21H,4-6,9-10H2,1-3H3,(H,31,33)/t15-,21+/m1/s1. The van der Waals surface area contributed by atoms with Crippen LogP contribution in [0.3, 0.4) is 0 Å². The molecule has 1 aliphatic rings. The molecule has 1 fully saturated rings. The molecular formula is C24H28F3N5O4. The van der Waals surface area contributed by atoms with Gasteiger partial charge in [-0.2, -0.15) is 0 Å². The monoisotopic (exact) mass is 507 g/mol. The lowest BCUT2D eigenvalue weighted by Crippen LogP contribution is -2.38. The molecule has 0 spiro atoms. The zero-order valence-electron chi connectivity index (χ0n) is 20.2. The second kappa shape index (κ2) is 10.8. The molecule has 12 heteroatoms. The van der Waals surface area contributed by atoms with Crippen LogP contribution in [0.4, 0.5) is 13.2 Å². The number of aromatic nitrogens is 4. The Morgan fingerprint density at radius 2 is 2.03 bits per heavy atom. The first-order valence-electron chi connectivity index (χ1n) is 11.6. The maximum absolute atomic E-state index is 13.0. The molecule has 0 radical (unpaired) electrons. The van der Waals surface area contributed by atoms with Gasteiger partial charge >= 0.3 is 6.36 Å². The van der Waals surface area contributed by atoms with Crippen LogP contribution in [0.5, 0.6) is 5.75 Å². The number of methoxy groups -OCH3 is 1. The van der Waals surface area contributed by atoms with E-state index >= 15 is 0 Å². The van der Waals surface area contributed by atoms with E-state index in [0.29, 0.717) is 30.2 Å². The van der Waals surface area contributed by atoms with Crippen molar-refractivity contribution in [3.63, 3.8) is 0 Å². The summed E-state index contributed by atoms with van der Waals surface area (Å²) in [5, 5.41) is 2.89. The average molecular weight is 508 g/mol. The zero-order valence-corrected chi connectivity index (χ0v) is 20.2. The van der Waals surface area contributed by atoms with Crippen molar-refractivity contribution in [2.45, 2.75) is 64.3 Å². The van der Waals surface area contributed by atoms with Crippen molar-refractivity contribution in [1.82, 2.24) is 24.8 Å². The molecule has 3 aromatic rings. The molecule has 1 aromatic carbocycles. The largest absolute Gasteiger partial charge is 0.573 e. The lowest BCUT2D eigenvalue weighted by atomic mass is 9.96. The summed E-state index contributed by atoms with van der Waals surface area (Å²) in [5.74, 6) is -0.455. The number of hydrogen-bond acceptors (Lipinski definition) is 7. The minimum absolute atomic E-state index is 0.116. The number of benzene rings is 1. The summed E-state index contributed by atoms with van der Waals surface area (Å²) in [5.41, 5.74) is 1.65. The van der Waals surface area contributed by atoms with Crippen molar-refractivity contribution >= 4 is 16.9 Å². The molecule has 2 aromatic heterocycles. The summed E-state index contributed by atoms with van der Waals surface area (Å²) in [6.07, 6.45) is 0.858. The van der Waals surface area contributed by atoms with Gasteiger partial charge in [-0.05, 0) is 45.2 Å². The van der Waals surface area contributed by atoms with Gasteiger partial charge in [-0.15, -0.1) is 13.2 Å². The molecule has 9 nitrogen and oxygen atoms in total. The van der Waals surface area contributed by atoms with Gasteiger partial charge in [0.05, 0.1) is 41.7 Å². The van der Waals surface area contributed by atoms with Gasteiger partial charge in [0.25, 0.3) is 5.91 Å². The number of aryl methyl sites for hydroxylation is 1. The van der Waals surface area contributed by atoms with E-state index in [-0.39, 0.29) is 23.1 Å². The topological polar surface area (TPSA) is 100 Å². The summed E-state index contributed by atoms with van der Waals surface area (Å²) in [7, 11) is 1.50. The number of imidazole rings is 1. The zero-order chi connectivity index (χ0) is 25.9. The highest BCUT2D eigenvalue weighted by molar-refractivity contribution is 5.92. The third-order valence-electron chi connectivity index (χ3n) is 6.12. The van der Waals surface area contributed by atoms with Crippen LogP contribution < -0.4 is 10.1 Å². The Hall–Kier alpha value is -3.25. The molecule has 0 saturated heterocycles. The lowest BCUT2D eigenvalue weighted by Gasteiger charge is -2.27. The maximum atomic E-state index is 13.0. The number of nitrogens with one attached hydrogen (secondary N) is 1. The number of halogens is 3. The SMILES string of the molecule is CO[C@H](C)[C@H](NC(=O)c1cnc(C)cn1)c1nc2cc(OC(F)(F)F)ccc2n1CCOC1CCC1. The van der Waals surface area contributed by atoms with Crippen LogP contribution in [0.1, 0.15) is 54.2 Å². The minimum Gasteiger partial charge on any atom is -0.406 e. The molecule has 0 aliphatic heterocycles. The first kappa shape index (κ1) is 25.8. The normalized spacial score (nSPS) is 15.9. The molecule has 1 N–H and O–H groups in total. The molecule has 1 saturated carbocycles. The van der Waals surface area contributed by atoms with Crippen molar-refractivity contribution in [2.75, 3.05) is 13.7 Å². The Balaban J connectivity index is 1.69. The van der Waals surface area contributed by atoms with Gasteiger partial charge in [-0.3, -0.25) is 9.78 Å². The third-order valence-corrected chi connectivity index (χ3v) is 6.12. The predicted molar refractivity (Wildman–Crippen MR) is 123 cm³/mol. The van der Waals surface area contributed by atoms with Crippen LogP contribution in [-0.2, 0) is 16.0 Å². The van der Waals surface area contributed by atoms with Gasteiger partial charge in [0.1, 0.15) is 23.3 Å². The van der Waals surface area contributed by atoms with Gasteiger partial charge in [0.15, 0.2) is 0 Å². The van der Waals surface area contributed by atoms with E-state index < -0.39 is 24.4 Å². The molecule has 0 unspecified atom stereocenters. The molecule has 0 bridgehead atoms. The van der Waals surface area contributed by atoms with E-state index in [4.69, 9.17) is 9.47 Å². The predicted octanol–water partition coefficient (Wildman–Crippen LogP) is 4.11. The average Bonchev–Trinajstić information content (AvgIpc) is 3.15. The van der Waals surface area contributed by atoms with E-state index in [1.807, 2.05) is 4.57 Å². The molecule has 2 atom stereocenters. The number of fused-ring (bicyclic) bond motifs is 1. The highest BCUT2D eigenvalue weighted by Crippen LogP contribution is 2.30. The van der Waals surface area contributed by atoms with Gasteiger partial charge in [0, 0.05) is 25.9 Å². The Kier molecular flexibility index (Phi) is 7.74. The Bertz CT molecular complexity index is 1190. The second-order valence-corrected chi connectivity index (χ2v) is 8.68. The first-order chi connectivity index (χ1) is 17.1. The molecular weight excluding hydrogens is 479 g/mol. The van der Waals surface area contributed by atoms with Crippen LogP contribution in [0.15, 0.2) is 30.6 Å². The number of hydrogen-bond donors (Lipinski definition) is 1. The summed E-state index contributed by atoms with van der Waals surface area (Å²) in [6.45, 7) is 4.29. The molecule has 194 valence electrons. The van der Waals surface area contributed by atoms with Gasteiger partial charge < -0.3 is 24.1 Å². The Morgan fingerprint density at radius 3 is 2.64 bits per heavy atom. The molecule has 36 heavy (non-hydrogen) atoms. The number of alkyl halides is 3. The fourth-order valence-corrected chi connectivity index (χ4v) is 3.90. The first-order valence-corrected chi connectivity index (χ1v) is 11.6. The molecule has 1 aliphatic carbocycles. The summed E-state index contributed by atoms with van der Waals surface area (Å²) in [4.78, 5) is 25.8.